The first-order valence-corrected chi connectivity index (χ1v) is 8.61. The highest BCUT2D eigenvalue weighted by Gasteiger charge is 2.34. The molecule has 1 saturated carbocycles. The summed E-state index contributed by atoms with van der Waals surface area (Å²) in [5.74, 6) is 0.435. The predicted octanol–water partition coefficient (Wildman–Crippen LogP) is 1.93. The van der Waals surface area contributed by atoms with Crippen molar-refractivity contribution in [1.29, 1.82) is 0 Å². The number of aromatic nitrogens is 1. The van der Waals surface area contributed by atoms with E-state index >= 15 is 0 Å². The second-order valence-electron chi connectivity index (χ2n) is 5.44. The summed E-state index contributed by atoms with van der Waals surface area (Å²) in [4.78, 5) is 4.45. The van der Waals surface area contributed by atoms with Crippen molar-refractivity contribution in [3.05, 3.63) is 48.2 Å². The Morgan fingerprint density at radius 2 is 2.05 bits per heavy atom. The minimum Gasteiger partial charge on any atom is -0.327 e. The Labute approximate surface area is 124 Å². The molecule has 5 nitrogen and oxygen atoms in total. The van der Waals surface area contributed by atoms with Crippen molar-refractivity contribution in [2.24, 2.45) is 5.73 Å². The van der Waals surface area contributed by atoms with Gasteiger partial charge in [-0.05, 0) is 30.2 Å². The van der Waals surface area contributed by atoms with Crippen molar-refractivity contribution in [3.63, 3.8) is 0 Å². The largest absolute Gasteiger partial charge is 0.327 e. The lowest BCUT2D eigenvalue weighted by molar-refractivity contribution is 0.607. The number of rotatable bonds is 4. The van der Waals surface area contributed by atoms with Crippen LogP contribution in [0.3, 0.4) is 0 Å². The highest BCUT2D eigenvalue weighted by Crippen LogP contribution is 2.38. The number of benzene rings is 1. The maximum atomic E-state index is 11.3. The number of nitrogens with zero attached hydrogens (tertiary/aromatic N) is 1. The van der Waals surface area contributed by atoms with Crippen molar-refractivity contribution in [2.75, 3.05) is 11.0 Å². The molecule has 6 heteroatoms. The van der Waals surface area contributed by atoms with Crippen LogP contribution in [-0.4, -0.2) is 25.7 Å². The van der Waals surface area contributed by atoms with E-state index < -0.39 is 10.0 Å². The van der Waals surface area contributed by atoms with E-state index in [4.69, 9.17) is 5.73 Å². The molecule has 0 radical (unpaired) electrons. The van der Waals surface area contributed by atoms with E-state index in [9.17, 15) is 8.42 Å². The van der Waals surface area contributed by atoms with Gasteiger partial charge in [-0.15, -0.1) is 0 Å². The van der Waals surface area contributed by atoms with Gasteiger partial charge in [0.2, 0.25) is 10.0 Å². The smallest absolute Gasteiger partial charge is 0.229 e. The zero-order chi connectivity index (χ0) is 15.0. The van der Waals surface area contributed by atoms with Gasteiger partial charge in [0.25, 0.3) is 0 Å². The number of hydrogen-bond acceptors (Lipinski definition) is 4. The van der Waals surface area contributed by atoms with Crippen LogP contribution in [0.1, 0.15) is 17.9 Å². The van der Waals surface area contributed by atoms with Crippen LogP contribution in [0.15, 0.2) is 42.6 Å². The molecule has 1 aromatic heterocycles. The minimum atomic E-state index is -3.28. The number of anilines is 1. The van der Waals surface area contributed by atoms with E-state index in [0.29, 0.717) is 11.6 Å². The van der Waals surface area contributed by atoms with Gasteiger partial charge in [0.05, 0.1) is 11.9 Å². The molecule has 1 aliphatic carbocycles. The summed E-state index contributed by atoms with van der Waals surface area (Å²) in [6.45, 7) is 0. The zero-order valence-electron chi connectivity index (χ0n) is 11.7. The fraction of sp³-hybridized carbons (Fsp3) is 0.267. The number of hydrogen-bond donors (Lipinski definition) is 2. The third-order valence-electron chi connectivity index (χ3n) is 3.52. The van der Waals surface area contributed by atoms with Gasteiger partial charge in [-0.1, -0.05) is 18.2 Å². The van der Waals surface area contributed by atoms with Gasteiger partial charge in [0.1, 0.15) is 0 Å². The Morgan fingerprint density at radius 1 is 1.29 bits per heavy atom. The Morgan fingerprint density at radius 3 is 2.62 bits per heavy atom. The van der Waals surface area contributed by atoms with Crippen LogP contribution in [0.5, 0.6) is 0 Å². The molecule has 110 valence electrons. The molecule has 3 rings (SSSR count). The first kappa shape index (κ1) is 14.0. The van der Waals surface area contributed by atoms with Crippen LogP contribution in [0.2, 0.25) is 0 Å². The van der Waals surface area contributed by atoms with Crippen LogP contribution in [0.4, 0.5) is 5.69 Å². The van der Waals surface area contributed by atoms with Gasteiger partial charge in [0, 0.05) is 29.4 Å². The van der Waals surface area contributed by atoms with Gasteiger partial charge in [-0.3, -0.25) is 9.71 Å². The lowest BCUT2D eigenvalue weighted by Crippen LogP contribution is -2.09. The second-order valence-corrected chi connectivity index (χ2v) is 7.19. The van der Waals surface area contributed by atoms with E-state index in [1.54, 1.807) is 18.2 Å². The van der Waals surface area contributed by atoms with E-state index in [2.05, 4.69) is 9.71 Å². The summed E-state index contributed by atoms with van der Waals surface area (Å²) in [6, 6.07) is 11.4. The average molecular weight is 303 g/mol. The van der Waals surface area contributed by atoms with Crippen LogP contribution >= 0.6 is 0 Å². The molecule has 0 amide bonds. The SMILES string of the molecule is CS(=O)(=O)Nc1cccc(-c2ccc([C@H]3C[C@@H]3N)cn2)c1. The number of pyridine rings is 1. The Hall–Kier alpha value is -1.92. The molecule has 0 spiro atoms. The lowest BCUT2D eigenvalue weighted by atomic mass is 10.1. The highest BCUT2D eigenvalue weighted by molar-refractivity contribution is 7.92. The predicted molar refractivity (Wildman–Crippen MR) is 83.5 cm³/mol. The molecule has 2 atom stereocenters. The highest BCUT2D eigenvalue weighted by atomic mass is 32.2. The zero-order valence-corrected chi connectivity index (χ0v) is 12.5. The van der Waals surface area contributed by atoms with E-state index in [1.165, 1.54) is 0 Å². The molecule has 0 aliphatic heterocycles. The van der Waals surface area contributed by atoms with Crippen LogP contribution < -0.4 is 10.5 Å². The molecule has 1 fully saturated rings. The lowest BCUT2D eigenvalue weighted by Gasteiger charge is -2.07. The van der Waals surface area contributed by atoms with Gasteiger partial charge in [0.15, 0.2) is 0 Å². The van der Waals surface area contributed by atoms with Crippen molar-refractivity contribution < 1.29 is 8.42 Å². The maximum absolute atomic E-state index is 11.3. The summed E-state index contributed by atoms with van der Waals surface area (Å²) in [5.41, 5.74) is 9.21. The number of nitrogens with one attached hydrogen (secondary N) is 1. The Kier molecular flexibility index (Phi) is 3.43. The average Bonchev–Trinajstić information content (AvgIpc) is 3.14. The first-order chi connectivity index (χ1) is 9.92. The third-order valence-corrected chi connectivity index (χ3v) is 4.12. The van der Waals surface area contributed by atoms with Crippen molar-refractivity contribution in [1.82, 2.24) is 4.98 Å². The summed E-state index contributed by atoms with van der Waals surface area (Å²) in [6.07, 6.45) is 4.00. The van der Waals surface area contributed by atoms with Gasteiger partial charge in [-0.2, -0.15) is 0 Å². The monoisotopic (exact) mass is 303 g/mol. The van der Waals surface area contributed by atoms with Gasteiger partial charge < -0.3 is 5.73 Å². The molecule has 2 aromatic rings. The molecule has 3 N–H and O–H groups in total. The summed E-state index contributed by atoms with van der Waals surface area (Å²) >= 11 is 0. The maximum Gasteiger partial charge on any atom is 0.229 e. The van der Waals surface area contributed by atoms with E-state index in [1.807, 2.05) is 24.4 Å². The molecule has 21 heavy (non-hydrogen) atoms. The summed E-state index contributed by atoms with van der Waals surface area (Å²) in [7, 11) is -3.28. The molecular weight excluding hydrogens is 286 g/mol. The second kappa shape index (κ2) is 5.13. The Bertz CT molecular complexity index is 757. The molecule has 0 saturated heterocycles. The third kappa shape index (κ3) is 3.40. The Balaban J connectivity index is 1.84. The normalized spacial score (nSPS) is 21.0. The molecular formula is C15H17N3O2S. The fourth-order valence-electron chi connectivity index (χ4n) is 2.35. The topological polar surface area (TPSA) is 85.1 Å². The van der Waals surface area contributed by atoms with Gasteiger partial charge in [-0.25, -0.2) is 8.42 Å². The van der Waals surface area contributed by atoms with E-state index in [-0.39, 0.29) is 6.04 Å². The fourth-order valence-corrected chi connectivity index (χ4v) is 2.90. The van der Waals surface area contributed by atoms with Crippen molar-refractivity contribution in [2.45, 2.75) is 18.4 Å². The number of nitrogens with two attached hydrogens (primary N) is 1. The van der Waals surface area contributed by atoms with Crippen LogP contribution in [-0.2, 0) is 10.0 Å². The van der Waals surface area contributed by atoms with Crippen molar-refractivity contribution >= 4 is 15.7 Å². The molecule has 1 aromatic carbocycles. The van der Waals surface area contributed by atoms with Crippen LogP contribution in [0.25, 0.3) is 11.3 Å². The molecule has 1 heterocycles. The minimum absolute atomic E-state index is 0.264. The van der Waals surface area contributed by atoms with E-state index in [0.717, 1.165) is 29.5 Å². The summed E-state index contributed by atoms with van der Waals surface area (Å²) in [5, 5.41) is 0. The molecule has 0 bridgehead atoms. The van der Waals surface area contributed by atoms with Crippen LogP contribution in [0, 0.1) is 0 Å². The standard InChI is InChI=1S/C15H17N3O2S/c1-21(19,20)18-12-4-2-3-10(7-12)15-6-5-11(9-17-15)13-8-14(13)16/h2-7,9,13-14,18H,8,16H2,1H3/t13-,14+/m1/s1. The summed E-state index contributed by atoms with van der Waals surface area (Å²) < 4.78 is 25.0. The van der Waals surface area contributed by atoms with Crippen molar-refractivity contribution in [3.8, 4) is 11.3 Å². The van der Waals surface area contributed by atoms with Gasteiger partial charge >= 0.3 is 0 Å². The number of sulfonamides is 1. The molecule has 1 aliphatic rings. The first-order valence-electron chi connectivity index (χ1n) is 6.72. The molecule has 0 unspecified atom stereocenters. The quantitative estimate of drug-likeness (QED) is 0.904.